The van der Waals surface area contributed by atoms with Crippen LogP contribution in [-0.2, 0) is 22.9 Å². The molecule has 1 saturated carbocycles. The molecular formula is C27H27F3N2O4S. The summed E-state index contributed by atoms with van der Waals surface area (Å²) >= 11 is 0. The summed E-state index contributed by atoms with van der Waals surface area (Å²) < 4.78 is 69.9. The van der Waals surface area contributed by atoms with Crippen LogP contribution in [0.4, 0.5) is 24.5 Å². The maximum Gasteiger partial charge on any atom is 0.573 e. The zero-order valence-corrected chi connectivity index (χ0v) is 20.7. The first kappa shape index (κ1) is 25.6. The molecule has 0 saturated heterocycles. The van der Waals surface area contributed by atoms with Gasteiger partial charge in [-0.2, -0.15) is 0 Å². The van der Waals surface area contributed by atoms with Crippen LogP contribution >= 0.6 is 0 Å². The fourth-order valence-electron chi connectivity index (χ4n) is 5.33. The number of aryl methyl sites for hydroxylation is 2. The molecule has 2 unspecified atom stereocenters. The molecule has 1 heterocycles. The maximum absolute atomic E-state index is 13.1. The van der Waals surface area contributed by atoms with Crippen molar-refractivity contribution in [2.75, 3.05) is 4.90 Å². The highest BCUT2D eigenvalue weighted by Gasteiger charge is 2.40. The molecule has 2 aliphatic rings. The molecule has 0 radical (unpaired) electrons. The van der Waals surface area contributed by atoms with Crippen molar-refractivity contribution in [3.05, 3.63) is 83.9 Å². The molecule has 196 valence electrons. The maximum atomic E-state index is 13.1. The Balaban J connectivity index is 1.41. The largest absolute Gasteiger partial charge is 0.573 e. The fourth-order valence-corrected chi connectivity index (χ4v) is 6.61. The van der Waals surface area contributed by atoms with E-state index in [2.05, 4.69) is 26.5 Å². The van der Waals surface area contributed by atoms with Crippen molar-refractivity contribution in [1.82, 2.24) is 4.72 Å². The molecular weight excluding hydrogens is 505 g/mol. The molecule has 3 aromatic carbocycles. The third kappa shape index (κ3) is 5.46. The smallest absolute Gasteiger partial charge is 0.406 e. The predicted molar refractivity (Wildman–Crippen MR) is 133 cm³/mol. The Morgan fingerprint density at radius 2 is 1.43 bits per heavy atom. The first-order valence-electron chi connectivity index (χ1n) is 12.1. The molecule has 0 bridgehead atoms. The second-order valence-electron chi connectivity index (χ2n) is 9.36. The van der Waals surface area contributed by atoms with Gasteiger partial charge in [0, 0.05) is 11.4 Å². The summed E-state index contributed by atoms with van der Waals surface area (Å²) in [5.41, 5.74) is 4.32. The van der Waals surface area contributed by atoms with E-state index in [1.54, 1.807) is 0 Å². The SMILES string of the molecule is O=S(=O)(NC1CCCC(N2c3ccccc3CCc3ccccc32)[C@H]1O)c1ccc(OC(F)(F)F)cc1. The Labute approximate surface area is 213 Å². The van der Waals surface area contributed by atoms with Crippen molar-refractivity contribution in [3.8, 4) is 5.75 Å². The first-order chi connectivity index (χ1) is 17.6. The summed E-state index contributed by atoms with van der Waals surface area (Å²) in [6.45, 7) is 0. The number of sulfonamides is 1. The van der Waals surface area contributed by atoms with Crippen LogP contribution in [0, 0.1) is 0 Å². The zero-order chi connectivity index (χ0) is 26.2. The molecule has 3 atom stereocenters. The number of fused-ring (bicyclic) bond motifs is 2. The summed E-state index contributed by atoms with van der Waals surface area (Å²) in [5, 5.41) is 11.5. The van der Waals surface area contributed by atoms with E-state index in [0.717, 1.165) is 59.6 Å². The van der Waals surface area contributed by atoms with E-state index in [-0.39, 0.29) is 10.9 Å². The van der Waals surface area contributed by atoms with Gasteiger partial charge in [-0.15, -0.1) is 13.2 Å². The molecule has 6 nitrogen and oxygen atoms in total. The number of ether oxygens (including phenoxy) is 1. The molecule has 1 fully saturated rings. The summed E-state index contributed by atoms with van der Waals surface area (Å²) in [5.74, 6) is -0.511. The predicted octanol–water partition coefficient (Wildman–Crippen LogP) is 5.08. The Morgan fingerprint density at radius 3 is 2.00 bits per heavy atom. The van der Waals surface area contributed by atoms with E-state index in [0.29, 0.717) is 19.3 Å². The molecule has 1 aliphatic carbocycles. The molecule has 0 aromatic heterocycles. The number of hydrogen-bond acceptors (Lipinski definition) is 5. The van der Waals surface area contributed by atoms with E-state index < -0.39 is 34.3 Å². The lowest BCUT2D eigenvalue weighted by molar-refractivity contribution is -0.274. The van der Waals surface area contributed by atoms with Gasteiger partial charge in [0.1, 0.15) is 5.75 Å². The molecule has 5 rings (SSSR count). The Kier molecular flexibility index (Phi) is 6.91. The van der Waals surface area contributed by atoms with E-state index >= 15 is 0 Å². The van der Waals surface area contributed by atoms with Crippen LogP contribution in [0.5, 0.6) is 5.75 Å². The Bertz CT molecular complexity index is 1320. The van der Waals surface area contributed by atoms with Gasteiger partial charge in [-0.3, -0.25) is 0 Å². The number of hydrogen-bond donors (Lipinski definition) is 2. The van der Waals surface area contributed by atoms with Crippen LogP contribution in [0.25, 0.3) is 0 Å². The fraction of sp³-hybridized carbons (Fsp3) is 0.333. The van der Waals surface area contributed by atoms with E-state index in [4.69, 9.17) is 0 Å². The van der Waals surface area contributed by atoms with Crippen molar-refractivity contribution in [1.29, 1.82) is 0 Å². The third-order valence-corrected chi connectivity index (χ3v) is 8.50. The van der Waals surface area contributed by atoms with Crippen LogP contribution < -0.4 is 14.4 Å². The number of aliphatic hydroxyl groups is 1. The van der Waals surface area contributed by atoms with Gasteiger partial charge in [0.2, 0.25) is 10.0 Å². The van der Waals surface area contributed by atoms with Crippen molar-refractivity contribution >= 4 is 21.4 Å². The zero-order valence-electron chi connectivity index (χ0n) is 19.9. The first-order valence-corrected chi connectivity index (χ1v) is 13.6. The van der Waals surface area contributed by atoms with Crippen LogP contribution in [-0.4, -0.2) is 38.1 Å². The molecule has 0 spiro atoms. The second kappa shape index (κ2) is 10.00. The highest BCUT2D eigenvalue weighted by Crippen LogP contribution is 2.41. The second-order valence-corrected chi connectivity index (χ2v) is 11.1. The average Bonchev–Trinajstić information content (AvgIpc) is 3.02. The summed E-state index contributed by atoms with van der Waals surface area (Å²) in [6, 6.07) is 19.0. The Hall–Kier alpha value is -3.08. The number of alkyl halides is 3. The molecule has 2 N–H and O–H groups in total. The van der Waals surface area contributed by atoms with Gasteiger partial charge in [0.25, 0.3) is 0 Å². The summed E-state index contributed by atoms with van der Waals surface area (Å²) in [6.07, 6.45) is -2.38. The van der Waals surface area contributed by atoms with E-state index in [1.807, 2.05) is 36.4 Å². The lowest BCUT2D eigenvalue weighted by Crippen LogP contribution is -2.55. The summed E-state index contributed by atoms with van der Waals surface area (Å²) in [4.78, 5) is 1.94. The topological polar surface area (TPSA) is 78.9 Å². The number of aliphatic hydroxyl groups excluding tert-OH is 1. The van der Waals surface area contributed by atoms with Gasteiger partial charge in [-0.05, 0) is 79.6 Å². The van der Waals surface area contributed by atoms with Crippen LogP contribution in [0.2, 0.25) is 0 Å². The minimum atomic E-state index is -4.87. The number of nitrogens with zero attached hydrogens (tertiary/aromatic N) is 1. The standard InChI is InChI=1S/C27H27F3N2O4S/c28-27(29,30)36-20-14-16-21(17-15-20)37(34,35)31-22-8-5-11-25(26(22)33)32-23-9-3-1-6-18(23)12-13-19-7-2-4-10-24(19)32/h1-4,6-7,9-10,14-17,22,25-26,31,33H,5,8,11-13H2/t22?,25?,26-/m0/s1. The third-order valence-electron chi connectivity index (χ3n) is 6.99. The quantitative estimate of drug-likeness (QED) is 0.479. The number of benzene rings is 3. The normalized spacial score (nSPS) is 22.1. The van der Waals surface area contributed by atoms with Crippen LogP contribution in [0.3, 0.4) is 0 Å². The number of para-hydroxylation sites is 2. The van der Waals surface area contributed by atoms with Gasteiger partial charge >= 0.3 is 6.36 Å². The van der Waals surface area contributed by atoms with Crippen LogP contribution in [0.15, 0.2) is 77.7 Å². The number of anilines is 2. The number of nitrogens with one attached hydrogen (secondary N) is 1. The van der Waals surface area contributed by atoms with Crippen LogP contribution in [0.1, 0.15) is 30.4 Å². The lowest BCUT2D eigenvalue weighted by Gasteiger charge is -2.43. The molecule has 3 aromatic rings. The molecule has 0 amide bonds. The van der Waals surface area contributed by atoms with Crippen molar-refractivity contribution in [3.63, 3.8) is 0 Å². The van der Waals surface area contributed by atoms with E-state index in [9.17, 15) is 26.7 Å². The highest BCUT2D eigenvalue weighted by molar-refractivity contribution is 7.89. The lowest BCUT2D eigenvalue weighted by atomic mass is 9.86. The minimum Gasteiger partial charge on any atom is -0.406 e. The van der Waals surface area contributed by atoms with Crippen molar-refractivity contribution < 1.29 is 31.4 Å². The highest BCUT2D eigenvalue weighted by atomic mass is 32.2. The monoisotopic (exact) mass is 532 g/mol. The van der Waals surface area contributed by atoms with Gasteiger partial charge in [-0.25, -0.2) is 13.1 Å². The Morgan fingerprint density at radius 1 is 0.865 bits per heavy atom. The molecule has 10 heteroatoms. The van der Waals surface area contributed by atoms with E-state index in [1.165, 1.54) is 0 Å². The molecule has 37 heavy (non-hydrogen) atoms. The average molecular weight is 533 g/mol. The number of halogens is 3. The van der Waals surface area contributed by atoms with Gasteiger partial charge in [0.05, 0.1) is 23.1 Å². The molecule has 1 aliphatic heterocycles. The number of rotatable bonds is 5. The van der Waals surface area contributed by atoms with Gasteiger partial charge < -0.3 is 14.7 Å². The minimum absolute atomic E-state index is 0.207. The van der Waals surface area contributed by atoms with Gasteiger partial charge in [-0.1, -0.05) is 36.4 Å². The van der Waals surface area contributed by atoms with Gasteiger partial charge in [0.15, 0.2) is 0 Å². The van der Waals surface area contributed by atoms with Crippen molar-refractivity contribution in [2.45, 2.75) is 61.5 Å². The van der Waals surface area contributed by atoms with Crippen molar-refractivity contribution in [2.24, 2.45) is 0 Å². The summed E-state index contributed by atoms with van der Waals surface area (Å²) in [7, 11) is -4.10.